The average molecular weight is 344 g/mol. The van der Waals surface area contributed by atoms with Crippen molar-refractivity contribution in [3.8, 4) is 0 Å². The Hall–Kier alpha value is -1.56. The summed E-state index contributed by atoms with van der Waals surface area (Å²) in [7, 11) is 0. The number of aryl methyl sites for hydroxylation is 1. The number of halogens is 2. The van der Waals surface area contributed by atoms with Crippen LogP contribution >= 0.6 is 34.5 Å². The SMILES string of the molecule is Cc1ccc(N(CC(=O)O)C(=O)c2cc(Cl)sc2Cl)cc1. The lowest BCUT2D eigenvalue weighted by atomic mass is 10.2. The molecule has 0 aliphatic heterocycles. The first-order valence-corrected chi connectivity index (χ1v) is 7.51. The summed E-state index contributed by atoms with van der Waals surface area (Å²) in [6.07, 6.45) is 0. The maximum Gasteiger partial charge on any atom is 0.323 e. The Morgan fingerprint density at radius 1 is 1.24 bits per heavy atom. The van der Waals surface area contributed by atoms with Gasteiger partial charge in [0.1, 0.15) is 10.9 Å². The lowest BCUT2D eigenvalue weighted by Crippen LogP contribution is -2.35. The minimum atomic E-state index is -1.11. The molecule has 0 saturated carbocycles. The quantitative estimate of drug-likeness (QED) is 0.909. The summed E-state index contributed by atoms with van der Waals surface area (Å²) in [5, 5.41) is 9.02. The van der Waals surface area contributed by atoms with Crippen LogP contribution in [0.3, 0.4) is 0 Å². The molecule has 0 bridgehead atoms. The first-order valence-electron chi connectivity index (χ1n) is 5.93. The van der Waals surface area contributed by atoms with Crippen molar-refractivity contribution in [2.24, 2.45) is 0 Å². The molecule has 110 valence electrons. The van der Waals surface area contributed by atoms with Gasteiger partial charge in [-0.05, 0) is 25.1 Å². The van der Waals surface area contributed by atoms with E-state index in [1.54, 1.807) is 24.3 Å². The first-order chi connectivity index (χ1) is 9.88. The third kappa shape index (κ3) is 3.75. The van der Waals surface area contributed by atoms with E-state index in [9.17, 15) is 9.59 Å². The first kappa shape index (κ1) is 15.8. The summed E-state index contributed by atoms with van der Waals surface area (Å²) in [5.74, 6) is -1.60. The molecule has 0 aliphatic carbocycles. The lowest BCUT2D eigenvalue weighted by molar-refractivity contribution is -0.135. The van der Waals surface area contributed by atoms with E-state index in [2.05, 4.69) is 0 Å². The third-order valence-corrected chi connectivity index (χ3v) is 4.26. The zero-order valence-corrected chi connectivity index (χ0v) is 13.3. The molecule has 0 unspecified atom stereocenters. The predicted molar refractivity (Wildman–Crippen MR) is 84.8 cm³/mol. The van der Waals surface area contributed by atoms with Gasteiger partial charge in [-0.15, -0.1) is 11.3 Å². The second-order valence-corrected chi connectivity index (χ2v) is 6.64. The number of aliphatic carboxylic acids is 1. The van der Waals surface area contributed by atoms with Crippen molar-refractivity contribution >= 4 is 52.1 Å². The van der Waals surface area contributed by atoms with Gasteiger partial charge in [0.25, 0.3) is 5.91 Å². The van der Waals surface area contributed by atoms with Gasteiger partial charge in [-0.1, -0.05) is 40.9 Å². The highest BCUT2D eigenvalue weighted by Crippen LogP contribution is 2.32. The molecule has 0 radical (unpaired) electrons. The molecule has 1 heterocycles. The lowest BCUT2D eigenvalue weighted by Gasteiger charge is -2.20. The molecule has 2 rings (SSSR count). The molecule has 7 heteroatoms. The van der Waals surface area contributed by atoms with Gasteiger partial charge in [-0.2, -0.15) is 0 Å². The summed E-state index contributed by atoms with van der Waals surface area (Å²) in [6.45, 7) is 1.45. The fourth-order valence-corrected chi connectivity index (χ4v) is 3.22. The van der Waals surface area contributed by atoms with Gasteiger partial charge >= 0.3 is 5.97 Å². The minimum Gasteiger partial charge on any atom is -0.480 e. The van der Waals surface area contributed by atoms with Crippen LogP contribution in [0.1, 0.15) is 15.9 Å². The Morgan fingerprint density at radius 3 is 2.33 bits per heavy atom. The molecule has 2 aromatic rings. The Morgan fingerprint density at radius 2 is 1.86 bits per heavy atom. The Bertz CT molecular complexity index is 682. The molecule has 0 atom stereocenters. The van der Waals surface area contributed by atoms with Crippen molar-refractivity contribution in [2.75, 3.05) is 11.4 Å². The largest absolute Gasteiger partial charge is 0.480 e. The number of carbonyl (C=O) groups is 2. The van der Waals surface area contributed by atoms with Gasteiger partial charge in [-0.25, -0.2) is 0 Å². The van der Waals surface area contributed by atoms with Crippen LogP contribution in [-0.2, 0) is 4.79 Å². The average Bonchev–Trinajstić information content (AvgIpc) is 2.75. The van der Waals surface area contributed by atoms with E-state index in [4.69, 9.17) is 28.3 Å². The fourth-order valence-electron chi connectivity index (χ4n) is 1.77. The molecular formula is C14H11Cl2NO3S. The number of amides is 1. The van der Waals surface area contributed by atoms with E-state index in [1.165, 1.54) is 6.07 Å². The second kappa shape index (κ2) is 6.47. The van der Waals surface area contributed by atoms with E-state index < -0.39 is 18.4 Å². The molecule has 4 nitrogen and oxygen atoms in total. The molecule has 1 aromatic carbocycles. The van der Waals surface area contributed by atoms with Gasteiger partial charge < -0.3 is 5.11 Å². The number of benzene rings is 1. The number of hydrogen-bond acceptors (Lipinski definition) is 3. The highest BCUT2D eigenvalue weighted by Gasteiger charge is 2.24. The van der Waals surface area contributed by atoms with Crippen LogP contribution in [0, 0.1) is 6.92 Å². The van der Waals surface area contributed by atoms with Gasteiger partial charge in [0.15, 0.2) is 0 Å². The van der Waals surface area contributed by atoms with Crippen LogP contribution < -0.4 is 4.90 Å². The van der Waals surface area contributed by atoms with Crippen molar-refractivity contribution in [1.82, 2.24) is 0 Å². The van der Waals surface area contributed by atoms with Gasteiger partial charge in [-0.3, -0.25) is 14.5 Å². The number of carbonyl (C=O) groups excluding carboxylic acids is 1. The monoisotopic (exact) mass is 343 g/mol. The topological polar surface area (TPSA) is 57.6 Å². The Labute approximate surface area is 135 Å². The van der Waals surface area contributed by atoms with Crippen LogP contribution in [0.2, 0.25) is 8.67 Å². The summed E-state index contributed by atoms with van der Waals surface area (Å²) < 4.78 is 0.620. The molecule has 0 spiro atoms. The molecule has 1 amide bonds. The number of rotatable bonds is 4. The molecule has 1 N–H and O–H groups in total. The number of carboxylic acids is 1. The van der Waals surface area contributed by atoms with Gasteiger partial charge in [0.2, 0.25) is 0 Å². The standard InChI is InChI=1S/C14H11Cl2NO3S/c1-8-2-4-9(5-3-8)17(7-12(18)19)14(20)10-6-11(15)21-13(10)16/h2-6H,7H2,1H3,(H,18,19). The summed E-state index contributed by atoms with van der Waals surface area (Å²) in [5.41, 5.74) is 1.71. The number of anilines is 1. The van der Waals surface area contributed by atoms with Crippen LogP contribution in [0.4, 0.5) is 5.69 Å². The van der Waals surface area contributed by atoms with Crippen LogP contribution in [-0.4, -0.2) is 23.5 Å². The van der Waals surface area contributed by atoms with Crippen molar-refractivity contribution in [3.05, 3.63) is 50.1 Å². The smallest absolute Gasteiger partial charge is 0.323 e. The predicted octanol–water partition coefficient (Wildman–Crippen LogP) is 4.09. The minimum absolute atomic E-state index is 0.202. The maximum atomic E-state index is 12.5. The maximum absolute atomic E-state index is 12.5. The zero-order valence-electron chi connectivity index (χ0n) is 11.0. The number of hydrogen-bond donors (Lipinski definition) is 1. The zero-order chi connectivity index (χ0) is 15.6. The molecule has 0 aliphatic rings. The second-order valence-electron chi connectivity index (χ2n) is 4.36. The van der Waals surface area contributed by atoms with Crippen molar-refractivity contribution in [1.29, 1.82) is 0 Å². The molecule has 0 fully saturated rings. The van der Waals surface area contributed by atoms with Crippen molar-refractivity contribution in [3.63, 3.8) is 0 Å². The summed E-state index contributed by atoms with van der Waals surface area (Å²) in [6, 6.07) is 8.44. The normalized spacial score (nSPS) is 10.4. The molecule has 0 saturated heterocycles. The van der Waals surface area contributed by atoms with Crippen molar-refractivity contribution < 1.29 is 14.7 Å². The van der Waals surface area contributed by atoms with E-state index in [-0.39, 0.29) is 9.90 Å². The Balaban J connectivity index is 2.40. The van der Waals surface area contributed by atoms with Gasteiger partial charge in [0, 0.05) is 5.69 Å². The summed E-state index contributed by atoms with van der Waals surface area (Å²) >= 11 is 12.9. The van der Waals surface area contributed by atoms with E-state index in [1.807, 2.05) is 6.92 Å². The summed E-state index contributed by atoms with van der Waals surface area (Å²) in [4.78, 5) is 24.7. The highest BCUT2D eigenvalue weighted by atomic mass is 35.5. The van der Waals surface area contributed by atoms with Crippen LogP contribution in [0.5, 0.6) is 0 Å². The highest BCUT2D eigenvalue weighted by molar-refractivity contribution is 7.20. The number of thiophene rings is 1. The Kier molecular flexibility index (Phi) is 4.88. The van der Waals surface area contributed by atoms with Crippen molar-refractivity contribution in [2.45, 2.75) is 6.92 Å². The number of nitrogens with zero attached hydrogens (tertiary/aromatic N) is 1. The van der Waals surface area contributed by atoms with Gasteiger partial charge in [0.05, 0.1) is 9.90 Å². The number of carboxylic acid groups (broad SMARTS) is 1. The van der Waals surface area contributed by atoms with Crippen LogP contribution in [0.25, 0.3) is 0 Å². The van der Waals surface area contributed by atoms with Crippen LogP contribution in [0.15, 0.2) is 30.3 Å². The third-order valence-electron chi connectivity index (χ3n) is 2.77. The van der Waals surface area contributed by atoms with E-state index in [0.29, 0.717) is 10.0 Å². The van der Waals surface area contributed by atoms with E-state index in [0.717, 1.165) is 21.8 Å². The molecular weight excluding hydrogens is 333 g/mol. The molecule has 21 heavy (non-hydrogen) atoms. The molecule has 1 aromatic heterocycles. The fraction of sp³-hybridized carbons (Fsp3) is 0.143. The van der Waals surface area contributed by atoms with E-state index >= 15 is 0 Å².